The van der Waals surface area contributed by atoms with Crippen molar-refractivity contribution in [3.8, 4) is 0 Å². The number of hydrogen-bond acceptors (Lipinski definition) is 5. The summed E-state index contributed by atoms with van der Waals surface area (Å²) in [4.78, 5) is 34.7. The van der Waals surface area contributed by atoms with Crippen molar-refractivity contribution in [2.45, 2.75) is 38.6 Å². The SMILES string of the molecule is Cc1ccc2[nH]c(=O)cc(C(=O)N3CCc4oc(C5CCOCC5)nc4C3)c2c1. The number of fused-ring (bicyclic) bond motifs is 2. The summed E-state index contributed by atoms with van der Waals surface area (Å²) in [5.41, 5.74) is 2.70. The average molecular weight is 393 g/mol. The van der Waals surface area contributed by atoms with E-state index in [4.69, 9.17) is 14.1 Å². The van der Waals surface area contributed by atoms with E-state index in [0.29, 0.717) is 30.6 Å². The molecule has 0 aliphatic carbocycles. The largest absolute Gasteiger partial charge is 0.445 e. The van der Waals surface area contributed by atoms with Crippen LogP contribution >= 0.6 is 0 Å². The van der Waals surface area contributed by atoms with Gasteiger partial charge in [-0.05, 0) is 31.9 Å². The minimum atomic E-state index is -0.273. The molecule has 3 aromatic rings. The highest BCUT2D eigenvalue weighted by atomic mass is 16.5. The normalized spacial score (nSPS) is 17.5. The summed E-state index contributed by atoms with van der Waals surface area (Å²) in [6.45, 7) is 4.39. The van der Waals surface area contributed by atoms with Crippen molar-refractivity contribution < 1.29 is 13.9 Å². The number of aromatic amines is 1. The molecule has 7 nitrogen and oxygen atoms in total. The highest BCUT2D eigenvalue weighted by molar-refractivity contribution is 6.06. The summed E-state index contributed by atoms with van der Waals surface area (Å²) in [5.74, 6) is 1.79. The number of nitrogens with one attached hydrogen (secondary N) is 1. The Morgan fingerprint density at radius 3 is 2.90 bits per heavy atom. The van der Waals surface area contributed by atoms with Gasteiger partial charge in [0, 0.05) is 49.1 Å². The zero-order valence-corrected chi connectivity index (χ0v) is 16.4. The van der Waals surface area contributed by atoms with E-state index in [1.54, 1.807) is 4.90 Å². The van der Waals surface area contributed by atoms with E-state index < -0.39 is 0 Å². The number of carbonyl (C=O) groups is 1. The number of nitrogens with zero attached hydrogens (tertiary/aromatic N) is 2. The maximum Gasteiger partial charge on any atom is 0.255 e. The van der Waals surface area contributed by atoms with Gasteiger partial charge in [-0.25, -0.2) is 4.98 Å². The van der Waals surface area contributed by atoms with Crippen LogP contribution in [0.3, 0.4) is 0 Å². The van der Waals surface area contributed by atoms with Crippen LogP contribution < -0.4 is 5.56 Å². The molecule has 2 aliphatic heterocycles. The molecule has 29 heavy (non-hydrogen) atoms. The first-order chi connectivity index (χ1) is 14.1. The lowest BCUT2D eigenvalue weighted by Gasteiger charge is -2.25. The summed E-state index contributed by atoms with van der Waals surface area (Å²) in [6.07, 6.45) is 2.47. The topological polar surface area (TPSA) is 88.4 Å². The van der Waals surface area contributed by atoms with Crippen LogP contribution in [0.1, 0.15) is 52.0 Å². The molecule has 0 atom stereocenters. The molecule has 2 aromatic heterocycles. The van der Waals surface area contributed by atoms with Gasteiger partial charge in [-0.1, -0.05) is 11.6 Å². The van der Waals surface area contributed by atoms with E-state index in [-0.39, 0.29) is 17.4 Å². The lowest BCUT2D eigenvalue weighted by molar-refractivity contribution is 0.0727. The Morgan fingerprint density at radius 1 is 1.24 bits per heavy atom. The Bertz CT molecular complexity index is 1140. The minimum absolute atomic E-state index is 0.145. The van der Waals surface area contributed by atoms with Gasteiger partial charge < -0.3 is 19.0 Å². The lowest BCUT2D eigenvalue weighted by atomic mass is 10.0. The average Bonchev–Trinajstić information content (AvgIpc) is 3.17. The third kappa shape index (κ3) is 3.35. The number of amides is 1. The van der Waals surface area contributed by atoms with Crippen molar-refractivity contribution in [1.29, 1.82) is 0 Å². The predicted octanol–water partition coefficient (Wildman–Crippen LogP) is 2.92. The lowest BCUT2D eigenvalue weighted by Crippen LogP contribution is -2.36. The molecule has 2 aliphatic rings. The number of ether oxygens (including phenoxy) is 1. The first-order valence-corrected chi connectivity index (χ1v) is 10.1. The van der Waals surface area contributed by atoms with Gasteiger partial charge in [0.25, 0.3) is 5.91 Å². The molecular weight excluding hydrogens is 370 g/mol. The number of aromatic nitrogens is 2. The van der Waals surface area contributed by atoms with Crippen molar-refractivity contribution in [3.63, 3.8) is 0 Å². The third-order valence-electron chi connectivity index (χ3n) is 5.83. The van der Waals surface area contributed by atoms with E-state index in [2.05, 4.69) is 4.98 Å². The summed E-state index contributed by atoms with van der Waals surface area (Å²) >= 11 is 0. The molecule has 1 saturated heterocycles. The van der Waals surface area contributed by atoms with Gasteiger partial charge >= 0.3 is 0 Å². The summed E-state index contributed by atoms with van der Waals surface area (Å²) in [7, 11) is 0. The Morgan fingerprint density at radius 2 is 2.07 bits per heavy atom. The summed E-state index contributed by atoms with van der Waals surface area (Å²) in [5, 5.41) is 0.767. The number of carbonyl (C=O) groups excluding carboxylic acids is 1. The first-order valence-electron chi connectivity index (χ1n) is 10.1. The maximum atomic E-state index is 13.3. The monoisotopic (exact) mass is 393 g/mol. The molecule has 4 heterocycles. The van der Waals surface area contributed by atoms with Crippen molar-refractivity contribution in [3.05, 3.63) is 63.1 Å². The van der Waals surface area contributed by atoms with Crippen LogP contribution in [0, 0.1) is 6.92 Å². The number of pyridine rings is 1. The van der Waals surface area contributed by atoms with Crippen LogP contribution in [0.25, 0.3) is 10.9 Å². The molecule has 5 rings (SSSR count). The molecule has 1 N–H and O–H groups in total. The van der Waals surface area contributed by atoms with E-state index in [0.717, 1.165) is 54.3 Å². The molecule has 1 amide bonds. The Hall–Kier alpha value is -2.93. The van der Waals surface area contributed by atoms with E-state index >= 15 is 0 Å². The first kappa shape index (κ1) is 18.1. The number of rotatable bonds is 2. The summed E-state index contributed by atoms with van der Waals surface area (Å²) < 4.78 is 11.4. The second kappa shape index (κ2) is 7.15. The smallest absolute Gasteiger partial charge is 0.255 e. The molecular formula is C22H23N3O4. The molecule has 1 fully saturated rings. The number of hydrogen-bond donors (Lipinski definition) is 1. The fourth-order valence-electron chi connectivity index (χ4n) is 4.23. The Labute approximate surface area is 167 Å². The fraction of sp³-hybridized carbons (Fsp3) is 0.409. The van der Waals surface area contributed by atoms with Crippen molar-refractivity contribution in [2.24, 2.45) is 0 Å². The van der Waals surface area contributed by atoms with Crippen molar-refractivity contribution in [2.75, 3.05) is 19.8 Å². The molecule has 0 saturated carbocycles. The second-order valence-electron chi connectivity index (χ2n) is 7.88. The van der Waals surface area contributed by atoms with Gasteiger partial charge in [-0.2, -0.15) is 0 Å². The zero-order valence-electron chi connectivity index (χ0n) is 16.4. The standard InChI is InChI=1S/C22H23N3O4/c1-13-2-3-17-15(10-13)16(11-20(26)23-17)22(27)25-7-4-19-18(12-25)24-21(29-19)14-5-8-28-9-6-14/h2-3,10-11,14H,4-9,12H2,1H3,(H,23,26). The van der Waals surface area contributed by atoms with Crippen LogP contribution in [-0.2, 0) is 17.7 Å². The molecule has 1 aromatic carbocycles. The Kier molecular flexibility index (Phi) is 4.47. The molecule has 150 valence electrons. The van der Waals surface area contributed by atoms with Gasteiger partial charge in [0.15, 0.2) is 5.89 Å². The minimum Gasteiger partial charge on any atom is -0.445 e. The van der Waals surface area contributed by atoms with Gasteiger partial charge in [0.2, 0.25) is 5.56 Å². The van der Waals surface area contributed by atoms with Gasteiger partial charge in [-0.15, -0.1) is 0 Å². The molecule has 0 radical (unpaired) electrons. The van der Waals surface area contributed by atoms with Crippen molar-refractivity contribution in [1.82, 2.24) is 14.9 Å². The number of benzene rings is 1. The van der Waals surface area contributed by atoms with Gasteiger partial charge in [0.1, 0.15) is 11.5 Å². The highest BCUT2D eigenvalue weighted by Crippen LogP contribution is 2.30. The Balaban J connectivity index is 1.44. The fourth-order valence-corrected chi connectivity index (χ4v) is 4.23. The number of aryl methyl sites for hydroxylation is 1. The molecule has 7 heteroatoms. The maximum absolute atomic E-state index is 13.3. The van der Waals surface area contributed by atoms with Crippen molar-refractivity contribution >= 4 is 16.8 Å². The number of oxazole rings is 1. The van der Waals surface area contributed by atoms with Crippen LogP contribution in [0.5, 0.6) is 0 Å². The third-order valence-corrected chi connectivity index (χ3v) is 5.83. The van der Waals surface area contributed by atoms with Gasteiger partial charge in [-0.3, -0.25) is 9.59 Å². The van der Waals surface area contributed by atoms with Crippen LogP contribution in [-0.4, -0.2) is 40.5 Å². The zero-order chi connectivity index (χ0) is 20.0. The van der Waals surface area contributed by atoms with E-state index in [1.807, 2.05) is 25.1 Å². The van der Waals surface area contributed by atoms with E-state index in [9.17, 15) is 9.59 Å². The molecule has 0 unspecified atom stereocenters. The predicted molar refractivity (Wildman–Crippen MR) is 107 cm³/mol. The molecule has 0 bridgehead atoms. The number of H-pyrrole nitrogens is 1. The van der Waals surface area contributed by atoms with E-state index in [1.165, 1.54) is 6.07 Å². The summed E-state index contributed by atoms with van der Waals surface area (Å²) in [6, 6.07) is 7.10. The van der Waals surface area contributed by atoms with Crippen LogP contribution in [0.2, 0.25) is 0 Å². The van der Waals surface area contributed by atoms with Gasteiger partial charge in [0.05, 0.1) is 12.1 Å². The second-order valence-corrected chi connectivity index (χ2v) is 7.88. The molecule has 0 spiro atoms. The highest BCUT2D eigenvalue weighted by Gasteiger charge is 2.29. The quantitative estimate of drug-likeness (QED) is 0.723. The van der Waals surface area contributed by atoms with Crippen LogP contribution in [0.15, 0.2) is 33.5 Å². The van der Waals surface area contributed by atoms with Crippen LogP contribution in [0.4, 0.5) is 0 Å².